The SMILES string of the molecule is CC(=O)OC(C)(C)CC(=O)O[C@@H]1OC=C2[C@H]3OC(=O)[C@]4(C)[C@@H](C[C@]25[C@@H]1C[C@@H](O)[C@@H]45)[C@@H]3OC(=O)[C@H](C)[C@H](C)O. The number of carbonyl (C=O) groups is 4. The summed E-state index contributed by atoms with van der Waals surface area (Å²) in [5.74, 6) is -4.42. The summed E-state index contributed by atoms with van der Waals surface area (Å²) in [5.41, 5.74) is -2.35. The van der Waals surface area contributed by atoms with Gasteiger partial charge in [-0.3, -0.25) is 19.2 Å². The van der Waals surface area contributed by atoms with Crippen LogP contribution in [0, 0.1) is 34.5 Å². The van der Waals surface area contributed by atoms with Crippen molar-refractivity contribution < 1.29 is 53.1 Å². The first kappa shape index (κ1) is 26.9. The first-order valence-corrected chi connectivity index (χ1v) is 13.2. The van der Waals surface area contributed by atoms with E-state index in [9.17, 15) is 29.4 Å². The van der Waals surface area contributed by atoms with Crippen LogP contribution in [0.15, 0.2) is 11.8 Å². The number of carbonyl (C=O) groups excluding carboxylic acids is 4. The van der Waals surface area contributed by atoms with Gasteiger partial charge in [-0.2, -0.15) is 0 Å². The summed E-state index contributed by atoms with van der Waals surface area (Å²) in [6, 6.07) is 0. The van der Waals surface area contributed by atoms with Gasteiger partial charge in [-0.25, -0.2) is 0 Å². The summed E-state index contributed by atoms with van der Waals surface area (Å²) < 4.78 is 28.6. The molecule has 0 aromatic heterocycles. The smallest absolute Gasteiger partial charge is 0.313 e. The number of hydrogen-bond donors (Lipinski definition) is 2. The molecule has 3 bridgehead atoms. The molecule has 3 saturated carbocycles. The van der Waals surface area contributed by atoms with Gasteiger partial charge in [0.1, 0.15) is 11.7 Å². The minimum Gasteiger partial charge on any atom is -0.462 e. The molecular weight excluding hydrogens is 500 g/mol. The Morgan fingerprint density at radius 2 is 1.89 bits per heavy atom. The average Bonchev–Trinajstić information content (AvgIpc) is 3.19. The molecule has 2 heterocycles. The molecule has 5 aliphatic rings. The molecule has 210 valence electrons. The van der Waals surface area contributed by atoms with E-state index in [2.05, 4.69) is 0 Å². The van der Waals surface area contributed by atoms with Crippen LogP contribution < -0.4 is 0 Å². The highest BCUT2D eigenvalue weighted by Gasteiger charge is 2.82. The van der Waals surface area contributed by atoms with Crippen LogP contribution >= 0.6 is 0 Å². The van der Waals surface area contributed by atoms with Crippen molar-refractivity contribution in [3.05, 3.63) is 11.8 Å². The van der Waals surface area contributed by atoms with E-state index in [0.717, 1.165) is 0 Å². The largest absolute Gasteiger partial charge is 0.462 e. The Hall–Kier alpha value is -2.66. The molecule has 38 heavy (non-hydrogen) atoms. The molecule has 0 amide bonds. The summed E-state index contributed by atoms with van der Waals surface area (Å²) in [4.78, 5) is 50.4. The molecule has 0 aromatic carbocycles. The van der Waals surface area contributed by atoms with Crippen molar-refractivity contribution in [2.75, 3.05) is 0 Å². The van der Waals surface area contributed by atoms with Gasteiger partial charge in [0, 0.05) is 35.7 Å². The molecule has 2 aliphatic heterocycles. The van der Waals surface area contributed by atoms with Crippen molar-refractivity contribution in [1.82, 2.24) is 0 Å². The fourth-order valence-corrected chi connectivity index (χ4v) is 7.88. The average molecular weight is 537 g/mol. The third kappa shape index (κ3) is 3.68. The lowest BCUT2D eigenvalue weighted by molar-refractivity contribution is -0.214. The monoisotopic (exact) mass is 536 g/mol. The van der Waals surface area contributed by atoms with Gasteiger partial charge in [-0.1, -0.05) is 0 Å². The summed E-state index contributed by atoms with van der Waals surface area (Å²) >= 11 is 0. The second-order valence-electron chi connectivity index (χ2n) is 12.4. The maximum absolute atomic E-state index is 13.4. The van der Waals surface area contributed by atoms with E-state index in [1.807, 2.05) is 0 Å². The Balaban J connectivity index is 1.46. The Bertz CT molecular complexity index is 1090. The van der Waals surface area contributed by atoms with Crippen LogP contribution in [-0.2, 0) is 42.9 Å². The maximum atomic E-state index is 13.4. The number of hydrogen-bond acceptors (Lipinski definition) is 11. The van der Waals surface area contributed by atoms with Crippen molar-refractivity contribution in [2.45, 2.75) is 97.1 Å². The zero-order valence-electron chi connectivity index (χ0n) is 22.5. The Kier molecular flexibility index (Phi) is 6.15. The van der Waals surface area contributed by atoms with Gasteiger partial charge in [0.2, 0.25) is 6.29 Å². The molecule has 1 spiro atoms. The lowest BCUT2D eigenvalue weighted by atomic mass is 9.61. The molecular formula is C27H36O11. The van der Waals surface area contributed by atoms with E-state index in [1.165, 1.54) is 20.1 Å². The molecule has 5 rings (SSSR count). The van der Waals surface area contributed by atoms with Crippen molar-refractivity contribution >= 4 is 23.9 Å². The van der Waals surface area contributed by atoms with Crippen molar-refractivity contribution in [3.63, 3.8) is 0 Å². The fraction of sp³-hybridized carbons (Fsp3) is 0.778. The number of rotatable bonds is 7. The van der Waals surface area contributed by atoms with Crippen LogP contribution in [0.1, 0.15) is 60.8 Å². The summed E-state index contributed by atoms with van der Waals surface area (Å²) in [6.45, 7) is 9.29. The number of fused-ring (bicyclic) bond motifs is 3. The minimum atomic E-state index is -1.14. The highest BCUT2D eigenvalue weighted by atomic mass is 16.7. The van der Waals surface area contributed by atoms with Crippen LogP contribution in [0.3, 0.4) is 0 Å². The fourth-order valence-electron chi connectivity index (χ4n) is 7.88. The lowest BCUT2D eigenvalue weighted by Crippen LogP contribution is -2.59. The van der Waals surface area contributed by atoms with Gasteiger partial charge in [-0.05, 0) is 47.5 Å². The van der Waals surface area contributed by atoms with E-state index in [4.69, 9.17) is 23.7 Å². The van der Waals surface area contributed by atoms with Crippen LogP contribution in [0.25, 0.3) is 0 Å². The van der Waals surface area contributed by atoms with Crippen LogP contribution in [0.2, 0.25) is 0 Å². The number of aliphatic hydroxyl groups excluding tert-OH is 2. The molecule has 1 saturated heterocycles. The lowest BCUT2D eigenvalue weighted by Gasteiger charge is -2.51. The summed E-state index contributed by atoms with van der Waals surface area (Å²) in [5, 5.41) is 21.2. The zero-order chi connectivity index (χ0) is 27.9. The van der Waals surface area contributed by atoms with Gasteiger partial charge < -0.3 is 33.9 Å². The Morgan fingerprint density at radius 3 is 2.53 bits per heavy atom. The highest BCUT2D eigenvalue weighted by Crippen LogP contribution is 2.77. The molecule has 11 atom stereocenters. The number of aliphatic hydroxyl groups is 2. The number of ether oxygens (including phenoxy) is 5. The minimum absolute atomic E-state index is 0.196. The topological polar surface area (TPSA) is 155 Å². The molecule has 4 fully saturated rings. The Labute approximate surface area is 220 Å². The molecule has 0 radical (unpaired) electrons. The molecule has 2 N–H and O–H groups in total. The standard InChI is InChI=1S/C27H36O11/c1-11(12(2)28)22(32)36-19-15-8-27-14-7-17(30)21(27)26(15,6)24(33)37-20(19)16(27)10-34-23(14)35-18(31)9-25(4,5)38-13(3)29/h10-12,14-15,17,19-21,23,28,30H,7-9H2,1-6H3/t11-,12+,14-,15+,17-,19+,20-,21+,23+,26-,27+/m1/s1. The van der Waals surface area contributed by atoms with Crippen LogP contribution in [0.5, 0.6) is 0 Å². The zero-order valence-corrected chi connectivity index (χ0v) is 22.5. The van der Waals surface area contributed by atoms with Gasteiger partial charge in [0.05, 0.1) is 36.2 Å². The maximum Gasteiger partial charge on any atom is 0.313 e. The van der Waals surface area contributed by atoms with E-state index < -0.39 is 94.7 Å². The molecule has 0 unspecified atom stereocenters. The second kappa shape index (κ2) is 8.67. The van der Waals surface area contributed by atoms with Gasteiger partial charge in [-0.15, -0.1) is 0 Å². The third-order valence-electron chi connectivity index (χ3n) is 9.53. The third-order valence-corrected chi connectivity index (χ3v) is 9.53. The predicted octanol–water partition coefficient (Wildman–Crippen LogP) is 1.38. The summed E-state index contributed by atoms with van der Waals surface area (Å²) in [7, 11) is 0. The quantitative estimate of drug-likeness (QED) is 0.358. The Morgan fingerprint density at radius 1 is 1.21 bits per heavy atom. The van der Waals surface area contributed by atoms with E-state index in [-0.39, 0.29) is 12.8 Å². The van der Waals surface area contributed by atoms with Gasteiger partial charge >= 0.3 is 23.9 Å². The first-order valence-electron chi connectivity index (χ1n) is 13.2. The predicted molar refractivity (Wildman–Crippen MR) is 126 cm³/mol. The van der Waals surface area contributed by atoms with E-state index in [1.54, 1.807) is 27.7 Å². The molecule has 11 nitrogen and oxygen atoms in total. The normalized spacial score (nSPS) is 41.7. The van der Waals surface area contributed by atoms with E-state index in [0.29, 0.717) is 12.0 Å². The number of esters is 4. The first-order chi connectivity index (χ1) is 17.6. The van der Waals surface area contributed by atoms with Crippen LogP contribution in [-0.4, -0.2) is 70.4 Å². The molecule has 3 aliphatic carbocycles. The van der Waals surface area contributed by atoms with Crippen molar-refractivity contribution in [2.24, 2.45) is 34.5 Å². The molecule has 11 heteroatoms. The van der Waals surface area contributed by atoms with Gasteiger partial charge in [0.15, 0.2) is 6.10 Å². The molecule has 0 aromatic rings. The highest BCUT2D eigenvalue weighted by molar-refractivity contribution is 5.82. The van der Waals surface area contributed by atoms with Gasteiger partial charge in [0.25, 0.3) is 0 Å². The van der Waals surface area contributed by atoms with Crippen molar-refractivity contribution in [1.29, 1.82) is 0 Å². The van der Waals surface area contributed by atoms with Crippen LogP contribution in [0.4, 0.5) is 0 Å². The van der Waals surface area contributed by atoms with Crippen molar-refractivity contribution in [3.8, 4) is 0 Å². The summed E-state index contributed by atoms with van der Waals surface area (Å²) in [6.07, 6.45) is -2.64. The second-order valence-corrected chi connectivity index (χ2v) is 12.4. The van der Waals surface area contributed by atoms with E-state index >= 15 is 0 Å².